The molecule has 1 rings (SSSR count). The van der Waals surface area contributed by atoms with E-state index in [1.807, 2.05) is 25.2 Å². The van der Waals surface area contributed by atoms with Gasteiger partial charge in [0.25, 0.3) is 0 Å². The first-order chi connectivity index (χ1) is 9.03. The Balaban J connectivity index is 2.42. The summed E-state index contributed by atoms with van der Waals surface area (Å²) in [5.74, 6) is 1.07. The Kier molecular flexibility index (Phi) is 6.50. The van der Waals surface area contributed by atoms with Gasteiger partial charge in [0.2, 0.25) is 0 Å². The van der Waals surface area contributed by atoms with Crippen molar-refractivity contribution < 1.29 is 9.53 Å². The summed E-state index contributed by atoms with van der Waals surface area (Å²) < 4.78 is 5.27. The molecule has 2 heteroatoms. The van der Waals surface area contributed by atoms with Gasteiger partial charge in [0.05, 0.1) is 12.0 Å². The zero-order valence-corrected chi connectivity index (χ0v) is 12.9. The second-order valence-corrected chi connectivity index (χ2v) is 6.03. The molecule has 0 aromatic rings. The molecule has 1 aliphatic carbocycles. The number of rotatable bonds is 9. The van der Waals surface area contributed by atoms with Crippen molar-refractivity contribution in [3.05, 3.63) is 23.8 Å². The Morgan fingerprint density at radius 3 is 2.58 bits per heavy atom. The zero-order valence-electron chi connectivity index (χ0n) is 12.9. The third-order valence-corrected chi connectivity index (χ3v) is 3.99. The number of allylic oxidation sites excluding steroid dienone is 2. The van der Waals surface area contributed by atoms with E-state index in [2.05, 4.69) is 13.8 Å². The molecule has 108 valence electrons. The second kappa shape index (κ2) is 7.64. The van der Waals surface area contributed by atoms with E-state index in [0.29, 0.717) is 18.8 Å². The monoisotopic (exact) mass is 264 g/mol. The fourth-order valence-electron chi connectivity index (χ4n) is 2.66. The van der Waals surface area contributed by atoms with E-state index in [-0.39, 0.29) is 0 Å². The van der Waals surface area contributed by atoms with Gasteiger partial charge in [-0.1, -0.05) is 56.9 Å². The van der Waals surface area contributed by atoms with Gasteiger partial charge in [-0.25, -0.2) is 0 Å². The van der Waals surface area contributed by atoms with Crippen molar-refractivity contribution in [2.45, 2.75) is 52.9 Å². The van der Waals surface area contributed by atoms with Gasteiger partial charge in [-0.2, -0.15) is 0 Å². The molecule has 0 saturated heterocycles. The van der Waals surface area contributed by atoms with Crippen LogP contribution in [-0.4, -0.2) is 19.5 Å². The van der Waals surface area contributed by atoms with Crippen molar-refractivity contribution in [1.29, 1.82) is 0 Å². The van der Waals surface area contributed by atoms with E-state index >= 15 is 0 Å². The average Bonchev–Trinajstić information content (AvgIpc) is 2.71. The van der Waals surface area contributed by atoms with Crippen LogP contribution in [0.3, 0.4) is 0 Å². The maximum Gasteiger partial charge on any atom is 0.149 e. The summed E-state index contributed by atoms with van der Waals surface area (Å²) in [5.41, 5.74) is 0.633. The molecule has 0 aliphatic heterocycles. The first-order valence-corrected chi connectivity index (χ1v) is 7.42. The molecular weight excluding hydrogens is 236 g/mol. The van der Waals surface area contributed by atoms with E-state index in [1.165, 1.54) is 12.8 Å². The number of carbonyl (C=O) groups is 1. The van der Waals surface area contributed by atoms with Crippen LogP contribution in [0.2, 0.25) is 0 Å². The quantitative estimate of drug-likeness (QED) is 0.580. The van der Waals surface area contributed by atoms with Crippen LogP contribution in [-0.2, 0) is 9.53 Å². The Bertz CT molecular complexity index is 352. The molecule has 2 nitrogen and oxygen atoms in total. The van der Waals surface area contributed by atoms with Gasteiger partial charge in [-0.3, -0.25) is 4.79 Å². The maximum atomic E-state index is 12.5. The predicted molar refractivity (Wildman–Crippen MR) is 80.1 cm³/mol. The smallest absolute Gasteiger partial charge is 0.149 e. The Labute approximate surface area is 117 Å². The van der Waals surface area contributed by atoms with Crippen LogP contribution < -0.4 is 0 Å². The lowest BCUT2D eigenvalue weighted by molar-refractivity contribution is -0.126. The molecular formula is C17H28O2. The van der Waals surface area contributed by atoms with Crippen molar-refractivity contribution in [3.63, 3.8) is 0 Å². The van der Waals surface area contributed by atoms with Crippen LogP contribution in [0.4, 0.5) is 0 Å². The number of hydrogen-bond donors (Lipinski definition) is 0. The Morgan fingerprint density at radius 2 is 2.05 bits per heavy atom. The van der Waals surface area contributed by atoms with Crippen LogP contribution in [0.5, 0.6) is 0 Å². The second-order valence-electron chi connectivity index (χ2n) is 6.03. The SMILES string of the molecule is COC[C@@]1(C(=O)CCCCCC(C)C)C=CC=C1C. The zero-order chi connectivity index (χ0) is 14.3. The van der Waals surface area contributed by atoms with Gasteiger partial charge in [-0.15, -0.1) is 0 Å². The summed E-state index contributed by atoms with van der Waals surface area (Å²) in [6.07, 6.45) is 11.3. The fraction of sp³-hybridized carbons (Fsp3) is 0.706. The highest BCUT2D eigenvalue weighted by Gasteiger charge is 2.38. The predicted octanol–water partition coefficient (Wildman–Crippen LogP) is 4.31. The van der Waals surface area contributed by atoms with E-state index < -0.39 is 5.41 Å². The molecule has 0 saturated carbocycles. The Morgan fingerprint density at radius 1 is 1.32 bits per heavy atom. The third kappa shape index (κ3) is 4.31. The molecule has 0 N–H and O–H groups in total. The molecule has 19 heavy (non-hydrogen) atoms. The molecule has 0 bridgehead atoms. The Hall–Kier alpha value is -0.890. The lowest BCUT2D eigenvalue weighted by atomic mass is 9.78. The molecule has 0 spiro atoms. The maximum absolute atomic E-state index is 12.5. The minimum atomic E-state index is -0.479. The largest absolute Gasteiger partial charge is 0.383 e. The molecule has 0 fully saturated rings. The molecule has 1 aliphatic rings. The summed E-state index contributed by atoms with van der Waals surface area (Å²) in [4.78, 5) is 12.5. The highest BCUT2D eigenvalue weighted by Crippen LogP contribution is 2.36. The topological polar surface area (TPSA) is 26.3 Å². The van der Waals surface area contributed by atoms with Crippen LogP contribution in [0.1, 0.15) is 52.9 Å². The number of methoxy groups -OCH3 is 1. The van der Waals surface area contributed by atoms with E-state index in [1.54, 1.807) is 7.11 Å². The van der Waals surface area contributed by atoms with Gasteiger partial charge >= 0.3 is 0 Å². The summed E-state index contributed by atoms with van der Waals surface area (Å²) in [5, 5.41) is 0. The van der Waals surface area contributed by atoms with Gasteiger partial charge in [0.1, 0.15) is 5.78 Å². The summed E-state index contributed by atoms with van der Waals surface area (Å²) in [7, 11) is 1.66. The molecule has 0 radical (unpaired) electrons. The first kappa shape index (κ1) is 16.2. The number of Topliss-reactive ketones (excluding diaryl/α,β-unsaturated/α-hetero) is 1. The summed E-state index contributed by atoms with van der Waals surface area (Å²) in [6, 6.07) is 0. The van der Waals surface area contributed by atoms with E-state index in [9.17, 15) is 4.79 Å². The van der Waals surface area contributed by atoms with E-state index in [0.717, 1.165) is 24.3 Å². The number of carbonyl (C=O) groups excluding carboxylic acids is 1. The van der Waals surface area contributed by atoms with Gasteiger partial charge < -0.3 is 4.74 Å². The highest BCUT2D eigenvalue weighted by atomic mass is 16.5. The minimum absolute atomic E-state index is 0.307. The molecule has 0 aromatic carbocycles. The number of unbranched alkanes of at least 4 members (excludes halogenated alkanes) is 2. The molecule has 0 amide bonds. The molecule has 0 unspecified atom stereocenters. The van der Waals surface area contributed by atoms with Gasteiger partial charge in [-0.05, 0) is 19.3 Å². The number of ether oxygens (including phenoxy) is 1. The van der Waals surface area contributed by atoms with Crippen molar-refractivity contribution >= 4 is 5.78 Å². The average molecular weight is 264 g/mol. The van der Waals surface area contributed by atoms with Gasteiger partial charge in [0, 0.05) is 13.5 Å². The molecule has 0 heterocycles. The van der Waals surface area contributed by atoms with Gasteiger partial charge in [0.15, 0.2) is 0 Å². The first-order valence-electron chi connectivity index (χ1n) is 7.42. The van der Waals surface area contributed by atoms with Crippen molar-refractivity contribution in [1.82, 2.24) is 0 Å². The summed E-state index contributed by atoms with van der Waals surface area (Å²) >= 11 is 0. The van der Waals surface area contributed by atoms with Crippen molar-refractivity contribution in [2.75, 3.05) is 13.7 Å². The van der Waals surface area contributed by atoms with Crippen LogP contribution in [0, 0.1) is 11.3 Å². The standard InChI is InChI=1S/C17H28O2/c1-14(2)9-6-5-7-11-16(18)17(13-19-4)12-8-10-15(17)3/h8,10,12,14H,5-7,9,11,13H2,1-4H3/t17-/m0/s1. The lowest BCUT2D eigenvalue weighted by Gasteiger charge is -2.27. The number of hydrogen-bond acceptors (Lipinski definition) is 2. The van der Waals surface area contributed by atoms with Crippen LogP contribution >= 0.6 is 0 Å². The molecule has 0 aromatic heterocycles. The van der Waals surface area contributed by atoms with E-state index in [4.69, 9.17) is 4.74 Å². The molecule has 1 atom stereocenters. The van der Waals surface area contributed by atoms with Crippen molar-refractivity contribution in [2.24, 2.45) is 11.3 Å². The normalized spacial score (nSPS) is 22.1. The van der Waals surface area contributed by atoms with Crippen LogP contribution in [0.15, 0.2) is 23.8 Å². The lowest BCUT2D eigenvalue weighted by Crippen LogP contribution is -2.33. The fourth-order valence-corrected chi connectivity index (χ4v) is 2.66. The van der Waals surface area contributed by atoms with Crippen molar-refractivity contribution in [3.8, 4) is 0 Å². The number of ketones is 1. The summed E-state index contributed by atoms with van der Waals surface area (Å²) in [6.45, 7) is 6.98. The minimum Gasteiger partial charge on any atom is -0.383 e. The third-order valence-electron chi connectivity index (χ3n) is 3.99. The highest BCUT2D eigenvalue weighted by molar-refractivity contribution is 5.91. The van der Waals surface area contributed by atoms with Crippen LogP contribution in [0.25, 0.3) is 0 Å².